The van der Waals surface area contributed by atoms with E-state index in [4.69, 9.17) is 11.6 Å². The van der Waals surface area contributed by atoms with Crippen molar-refractivity contribution in [3.05, 3.63) is 59.1 Å². The van der Waals surface area contributed by atoms with Gasteiger partial charge in [0.1, 0.15) is 0 Å². The summed E-state index contributed by atoms with van der Waals surface area (Å²) in [5, 5.41) is 3.57. The first-order valence-electron chi connectivity index (χ1n) is 9.24. The maximum atomic E-state index is 12.4. The van der Waals surface area contributed by atoms with Crippen molar-refractivity contribution in [2.75, 3.05) is 47.9 Å². The molecule has 28 heavy (non-hydrogen) atoms. The van der Waals surface area contributed by atoms with Crippen LogP contribution >= 0.6 is 23.4 Å². The summed E-state index contributed by atoms with van der Waals surface area (Å²) in [6, 6.07) is 15.4. The zero-order valence-corrected chi connectivity index (χ0v) is 17.4. The molecule has 3 rings (SSSR count). The monoisotopic (exact) mass is 417 g/mol. The van der Waals surface area contributed by atoms with Gasteiger partial charge in [-0.25, -0.2) is 0 Å². The Morgan fingerprint density at radius 1 is 1.04 bits per heavy atom. The summed E-state index contributed by atoms with van der Waals surface area (Å²) in [5.41, 5.74) is 3.01. The fourth-order valence-electron chi connectivity index (χ4n) is 3.04. The number of hydrogen-bond donors (Lipinski definition) is 1. The average Bonchev–Trinajstić information content (AvgIpc) is 2.70. The summed E-state index contributed by atoms with van der Waals surface area (Å²) in [6.45, 7) is 4.93. The summed E-state index contributed by atoms with van der Waals surface area (Å²) in [6.07, 6.45) is 0. The Kier molecular flexibility index (Phi) is 7.23. The Labute approximate surface area is 175 Å². The van der Waals surface area contributed by atoms with Crippen LogP contribution < -0.4 is 10.2 Å². The molecule has 0 bridgehead atoms. The van der Waals surface area contributed by atoms with E-state index < -0.39 is 0 Å². The first kappa shape index (κ1) is 20.6. The molecule has 2 amide bonds. The molecule has 1 fully saturated rings. The third kappa shape index (κ3) is 5.91. The highest BCUT2D eigenvalue weighted by Gasteiger charge is 2.21. The van der Waals surface area contributed by atoms with Crippen molar-refractivity contribution >= 4 is 46.6 Å². The van der Waals surface area contributed by atoms with E-state index in [1.165, 1.54) is 11.8 Å². The molecule has 0 aromatic heterocycles. The molecule has 1 N–H and O–H groups in total. The number of nitrogens with zero attached hydrogens (tertiary/aromatic N) is 2. The molecule has 0 radical (unpaired) electrons. The standard InChI is InChI=1S/C21H24ClN3O2S/c1-16-5-7-18(8-6-16)23-20(26)14-28-15-21(27)25-11-9-24(10-12-25)19-4-2-3-17(22)13-19/h2-8,13H,9-12,14-15H2,1H3,(H,23,26). The van der Waals surface area contributed by atoms with Crippen LogP contribution in [-0.4, -0.2) is 54.4 Å². The van der Waals surface area contributed by atoms with Crippen molar-refractivity contribution in [2.45, 2.75) is 6.92 Å². The van der Waals surface area contributed by atoms with Crippen LogP contribution in [-0.2, 0) is 9.59 Å². The van der Waals surface area contributed by atoms with Crippen molar-refractivity contribution in [1.82, 2.24) is 4.90 Å². The van der Waals surface area contributed by atoms with Gasteiger partial charge in [0, 0.05) is 42.6 Å². The van der Waals surface area contributed by atoms with E-state index in [1.807, 2.05) is 60.4 Å². The second-order valence-electron chi connectivity index (χ2n) is 6.75. The molecule has 0 spiro atoms. The lowest BCUT2D eigenvalue weighted by Gasteiger charge is -2.36. The molecular formula is C21H24ClN3O2S. The van der Waals surface area contributed by atoms with Crippen LogP contribution in [0.4, 0.5) is 11.4 Å². The van der Waals surface area contributed by atoms with Crippen LogP contribution in [0.1, 0.15) is 5.56 Å². The Bertz CT molecular complexity index is 821. The lowest BCUT2D eigenvalue weighted by molar-refractivity contribution is -0.128. The molecule has 2 aromatic rings. The molecule has 7 heteroatoms. The summed E-state index contributed by atoms with van der Waals surface area (Å²) in [5.74, 6) is 0.576. The zero-order chi connectivity index (χ0) is 19.9. The van der Waals surface area contributed by atoms with Crippen LogP contribution in [0.5, 0.6) is 0 Å². The third-order valence-corrected chi connectivity index (χ3v) is 5.75. The zero-order valence-electron chi connectivity index (χ0n) is 15.9. The first-order valence-corrected chi connectivity index (χ1v) is 10.8. The van der Waals surface area contributed by atoms with Crippen molar-refractivity contribution < 1.29 is 9.59 Å². The Morgan fingerprint density at radius 3 is 2.43 bits per heavy atom. The summed E-state index contributed by atoms with van der Waals surface area (Å²) in [7, 11) is 0. The van der Waals surface area contributed by atoms with E-state index in [-0.39, 0.29) is 17.6 Å². The highest BCUT2D eigenvalue weighted by atomic mass is 35.5. The van der Waals surface area contributed by atoms with E-state index in [9.17, 15) is 9.59 Å². The van der Waals surface area contributed by atoms with Gasteiger partial charge < -0.3 is 15.1 Å². The molecule has 1 aliphatic heterocycles. The van der Waals surface area contributed by atoms with Gasteiger partial charge in [0.15, 0.2) is 0 Å². The molecule has 1 saturated heterocycles. The lowest BCUT2D eigenvalue weighted by atomic mass is 10.2. The normalized spacial score (nSPS) is 14.1. The molecule has 5 nitrogen and oxygen atoms in total. The second kappa shape index (κ2) is 9.85. The topological polar surface area (TPSA) is 52.7 Å². The Hall–Kier alpha value is -2.18. The third-order valence-electron chi connectivity index (χ3n) is 4.60. The number of anilines is 2. The van der Waals surface area contributed by atoms with Gasteiger partial charge in [-0.05, 0) is 37.3 Å². The van der Waals surface area contributed by atoms with E-state index in [1.54, 1.807) is 0 Å². The molecule has 0 aliphatic carbocycles. The Morgan fingerprint density at radius 2 is 1.75 bits per heavy atom. The molecule has 0 atom stereocenters. The van der Waals surface area contributed by atoms with E-state index in [0.717, 1.165) is 35.1 Å². The largest absolute Gasteiger partial charge is 0.368 e. The molecular weight excluding hydrogens is 394 g/mol. The summed E-state index contributed by atoms with van der Waals surface area (Å²) >= 11 is 7.41. The van der Waals surface area contributed by atoms with Crippen molar-refractivity contribution in [1.29, 1.82) is 0 Å². The summed E-state index contributed by atoms with van der Waals surface area (Å²) in [4.78, 5) is 28.5. The number of nitrogens with one attached hydrogen (secondary N) is 1. The predicted octanol–water partition coefficient (Wildman–Crippen LogP) is 3.67. The minimum atomic E-state index is -0.0903. The number of carbonyl (C=O) groups is 2. The number of rotatable bonds is 6. The fourth-order valence-corrected chi connectivity index (χ4v) is 3.94. The number of carbonyl (C=O) groups excluding carboxylic acids is 2. The highest BCUT2D eigenvalue weighted by Crippen LogP contribution is 2.21. The van der Waals surface area contributed by atoms with Crippen LogP contribution in [0.25, 0.3) is 0 Å². The molecule has 2 aromatic carbocycles. The number of halogens is 1. The van der Waals surface area contributed by atoms with Gasteiger partial charge in [0.25, 0.3) is 0 Å². The molecule has 148 valence electrons. The maximum Gasteiger partial charge on any atom is 0.234 e. The van der Waals surface area contributed by atoms with Gasteiger partial charge in [-0.1, -0.05) is 35.4 Å². The molecule has 1 heterocycles. The smallest absolute Gasteiger partial charge is 0.234 e. The summed E-state index contributed by atoms with van der Waals surface area (Å²) < 4.78 is 0. The van der Waals surface area contributed by atoms with E-state index in [2.05, 4.69) is 10.2 Å². The van der Waals surface area contributed by atoms with E-state index >= 15 is 0 Å². The van der Waals surface area contributed by atoms with Crippen molar-refractivity contribution in [3.63, 3.8) is 0 Å². The van der Waals surface area contributed by atoms with Crippen LogP contribution in [0.3, 0.4) is 0 Å². The van der Waals surface area contributed by atoms with E-state index in [0.29, 0.717) is 18.8 Å². The number of aryl methyl sites for hydroxylation is 1. The number of piperazine rings is 1. The van der Waals surface area contributed by atoms with Crippen molar-refractivity contribution in [3.8, 4) is 0 Å². The van der Waals surface area contributed by atoms with Gasteiger partial charge in [0.2, 0.25) is 11.8 Å². The van der Waals surface area contributed by atoms with Crippen LogP contribution in [0, 0.1) is 6.92 Å². The predicted molar refractivity (Wildman–Crippen MR) is 117 cm³/mol. The van der Waals surface area contributed by atoms with Crippen LogP contribution in [0.2, 0.25) is 5.02 Å². The number of thioether (sulfide) groups is 1. The number of amides is 2. The number of benzene rings is 2. The van der Waals surface area contributed by atoms with Crippen LogP contribution in [0.15, 0.2) is 48.5 Å². The van der Waals surface area contributed by atoms with Gasteiger partial charge in [-0.2, -0.15) is 0 Å². The minimum Gasteiger partial charge on any atom is -0.368 e. The number of hydrogen-bond acceptors (Lipinski definition) is 4. The maximum absolute atomic E-state index is 12.4. The average molecular weight is 418 g/mol. The van der Waals surface area contributed by atoms with Gasteiger partial charge >= 0.3 is 0 Å². The quantitative estimate of drug-likeness (QED) is 0.779. The van der Waals surface area contributed by atoms with Crippen molar-refractivity contribution in [2.24, 2.45) is 0 Å². The Balaban J connectivity index is 1.37. The highest BCUT2D eigenvalue weighted by molar-refractivity contribution is 8.00. The molecule has 0 saturated carbocycles. The van der Waals surface area contributed by atoms with Gasteiger partial charge in [-0.3, -0.25) is 9.59 Å². The first-order chi connectivity index (χ1) is 13.5. The second-order valence-corrected chi connectivity index (χ2v) is 8.18. The SMILES string of the molecule is Cc1ccc(NC(=O)CSCC(=O)N2CCN(c3cccc(Cl)c3)CC2)cc1. The van der Waals surface area contributed by atoms with Gasteiger partial charge in [0.05, 0.1) is 11.5 Å². The van der Waals surface area contributed by atoms with Gasteiger partial charge in [-0.15, -0.1) is 11.8 Å². The molecule has 1 aliphatic rings. The fraction of sp³-hybridized carbons (Fsp3) is 0.333. The lowest BCUT2D eigenvalue weighted by Crippen LogP contribution is -2.49. The minimum absolute atomic E-state index is 0.0823. The molecule has 0 unspecified atom stereocenters.